The van der Waals surface area contributed by atoms with E-state index in [0.717, 1.165) is 17.5 Å². The van der Waals surface area contributed by atoms with Crippen LogP contribution >= 0.6 is 7.60 Å². The van der Waals surface area contributed by atoms with Crippen LogP contribution in [0, 0.1) is 5.92 Å². The Morgan fingerprint density at radius 1 is 0.825 bits per heavy atom. The quantitative estimate of drug-likeness (QED) is 0.0391. The van der Waals surface area contributed by atoms with Crippen molar-refractivity contribution >= 4 is 42.6 Å². The summed E-state index contributed by atoms with van der Waals surface area (Å²) in [5.41, 5.74) is 8.92. The molecule has 2 unspecified atom stereocenters. The number of imidazole rings is 1. The predicted molar refractivity (Wildman–Crippen MR) is 213 cm³/mol. The molecule has 2 aromatic carbocycles. The van der Waals surface area contributed by atoms with Crippen LogP contribution in [0.5, 0.6) is 0 Å². The highest BCUT2D eigenvalue weighted by Gasteiger charge is 2.28. The van der Waals surface area contributed by atoms with E-state index in [1.807, 2.05) is 54.6 Å². The lowest BCUT2D eigenvalue weighted by atomic mass is 9.97. The van der Waals surface area contributed by atoms with Crippen LogP contribution in [-0.2, 0) is 61.5 Å². The first-order valence-electron chi connectivity index (χ1n) is 18.9. The lowest BCUT2D eigenvalue weighted by Gasteiger charge is -2.23. The average molecular weight is 811 g/mol. The van der Waals surface area contributed by atoms with Gasteiger partial charge in [-0.3, -0.25) is 9.36 Å². The maximum atomic E-state index is 13.8. The van der Waals surface area contributed by atoms with Gasteiger partial charge in [0, 0.05) is 19.4 Å². The van der Waals surface area contributed by atoms with Gasteiger partial charge in [-0.2, -0.15) is 0 Å². The number of aromatic nitrogens is 4. The Hall–Kier alpha value is -4.89. The number of carbonyl (C=O) groups excluding carboxylic acids is 3. The fourth-order valence-electron chi connectivity index (χ4n) is 5.54. The van der Waals surface area contributed by atoms with Gasteiger partial charge < -0.3 is 43.6 Å². The van der Waals surface area contributed by atoms with Crippen molar-refractivity contribution in [2.24, 2.45) is 5.92 Å². The maximum absolute atomic E-state index is 13.8. The first-order chi connectivity index (χ1) is 27.1. The summed E-state index contributed by atoms with van der Waals surface area (Å²) >= 11 is 0. The molecule has 4 aromatic rings. The number of nitrogens with two attached hydrogens (primary N) is 1. The molecule has 0 bridgehead atoms. The molecule has 17 heteroatoms. The molecular weight excluding hydrogens is 755 g/mol. The van der Waals surface area contributed by atoms with Crippen LogP contribution in [-0.4, -0.2) is 88.6 Å². The maximum Gasteiger partial charge on any atom is 0.408 e. The lowest BCUT2D eigenvalue weighted by Crippen LogP contribution is -2.45. The van der Waals surface area contributed by atoms with Gasteiger partial charge in [0.25, 0.3) is 0 Å². The van der Waals surface area contributed by atoms with Gasteiger partial charge in [-0.15, -0.1) is 0 Å². The van der Waals surface area contributed by atoms with Crippen molar-refractivity contribution in [3.05, 3.63) is 83.9 Å². The molecule has 0 aliphatic rings. The summed E-state index contributed by atoms with van der Waals surface area (Å²) in [5, 5.41) is 2.60. The van der Waals surface area contributed by atoms with Crippen LogP contribution < -0.4 is 11.1 Å². The minimum Gasteiger partial charge on any atom is -0.464 e. The number of hydrogen-bond acceptors (Lipinski definition) is 14. The zero-order chi connectivity index (χ0) is 41.4. The summed E-state index contributed by atoms with van der Waals surface area (Å²) < 4.78 is 48.9. The number of nitrogens with zero attached hydrogens (tertiary/aromatic N) is 4. The third-order valence-corrected chi connectivity index (χ3v) is 9.98. The normalized spacial score (nSPS) is 13.8. The summed E-state index contributed by atoms with van der Waals surface area (Å²) in [6, 6.07) is 16.0. The van der Waals surface area contributed by atoms with Gasteiger partial charge in [0.2, 0.25) is 0 Å². The molecule has 310 valence electrons. The van der Waals surface area contributed by atoms with E-state index in [4.69, 9.17) is 33.7 Å². The van der Waals surface area contributed by atoms with Crippen LogP contribution in [0.3, 0.4) is 0 Å². The lowest BCUT2D eigenvalue weighted by molar-refractivity contribution is -0.147. The van der Waals surface area contributed by atoms with Crippen molar-refractivity contribution < 1.29 is 46.9 Å². The zero-order valence-corrected chi connectivity index (χ0v) is 34.4. The molecule has 0 saturated carbocycles. The molecule has 1 amide bonds. The van der Waals surface area contributed by atoms with Crippen molar-refractivity contribution in [2.45, 2.75) is 84.9 Å². The number of carbonyl (C=O) groups is 3. The third kappa shape index (κ3) is 15.2. The zero-order valence-electron chi connectivity index (χ0n) is 33.5. The molecule has 0 saturated heterocycles. The molecule has 2 aromatic heterocycles. The van der Waals surface area contributed by atoms with Crippen molar-refractivity contribution in [2.75, 3.05) is 45.1 Å². The molecule has 0 spiro atoms. The Morgan fingerprint density at radius 2 is 1.51 bits per heavy atom. The number of anilines is 1. The predicted octanol–water partition coefficient (Wildman–Crippen LogP) is 6.22. The van der Waals surface area contributed by atoms with Crippen molar-refractivity contribution in [3.8, 4) is 0 Å². The summed E-state index contributed by atoms with van der Waals surface area (Å²) in [6.07, 6.45) is 2.99. The van der Waals surface area contributed by atoms with Crippen LogP contribution in [0.2, 0.25) is 0 Å². The van der Waals surface area contributed by atoms with E-state index < -0.39 is 49.5 Å². The van der Waals surface area contributed by atoms with Gasteiger partial charge in [0.05, 0.1) is 38.7 Å². The summed E-state index contributed by atoms with van der Waals surface area (Å²) in [4.78, 5) is 50.9. The van der Waals surface area contributed by atoms with E-state index in [1.54, 1.807) is 38.6 Å². The van der Waals surface area contributed by atoms with E-state index in [0.29, 0.717) is 23.6 Å². The first kappa shape index (κ1) is 44.8. The fourth-order valence-corrected chi connectivity index (χ4v) is 6.87. The number of fused-ring (bicyclic) bond motifs is 1. The monoisotopic (exact) mass is 810 g/mol. The second-order valence-corrected chi connectivity index (χ2v) is 16.8. The van der Waals surface area contributed by atoms with Gasteiger partial charge >= 0.3 is 25.6 Å². The Balaban J connectivity index is 1.30. The molecule has 16 nitrogen and oxygen atoms in total. The number of nitrogens with one attached hydrogen (secondary N) is 1. The minimum absolute atomic E-state index is 0.0968. The topological polar surface area (TPSA) is 205 Å². The molecule has 3 N–H and O–H groups in total. The first-order valence-corrected chi connectivity index (χ1v) is 20.7. The number of nitrogen functional groups attached to an aromatic ring is 1. The number of ether oxygens (including phenoxy) is 4. The summed E-state index contributed by atoms with van der Waals surface area (Å²) in [7, 11) is -3.91. The molecule has 0 aliphatic carbocycles. The number of rotatable bonds is 22. The number of benzene rings is 2. The van der Waals surface area contributed by atoms with Crippen molar-refractivity contribution in [3.63, 3.8) is 0 Å². The Morgan fingerprint density at radius 3 is 2.21 bits per heavy atom. The molecule has 0 aliphatic heterocycles. The molecular formula is C40H55N6O10P. The second kappa shape index (κ2) is 21.6. The van der Waals surface area contributed by atoms with Gasteiger partial charge in [-0.25, -0.2) is 24.5 Å². The van der Waals surface area contributed by atoms with Gasteiger partial charge in [0.1, 0.15) is 36.4 Å². The van der Waals surface area contributed by atoms with Crippen LogP contribution in [0.4, 0.5) is 10.6 Å². The van der Waals surface area contributed by atoms with E-state index in [-0.39, 0.29) is 51.7 Å². The molecule has 2 heterocycles. The molecule has 57 heavy (non-hydrogen) atoms. The van der Waals surface area contributed by atoms with Crippen LogP contribution in [0.25, 0.3) is 11.2 Å². The number of esters is 2. The van der Waals surface area contributed by atoms with E-state index in [1.165, 1.54) is 11.9 Å². The van der Waals surface area contributed by atoms with Crippen molar-refractivity contribution in [1.82, 2.24) is 24.8 Å². The highest BCUT2D eigenvalue weighted by molar-refractivity contribution is 7.53. The number of amides is 1. The SMILES string of the molecule is CC(C)Cc1ccc(C(C)C(=O)OCCOP(=O)(COCCn2cnc3c(N)ncnc32)OCCCOC(=O)[C@@H](Cc2ccccc2)NC(=O)OC(C)(C)C)cc1. The minimum atomic E-state index is -3.91. The molecule has 0 fully saturated rings. The summed E-state index contributed by atoms with van der Waals surface area (Å²) in [5.74, 6) is -0.872. The summed E-state index contributed by atoms with van der Waals surface area (Å²) in [6.45, 7) is 11.0. The van der Waals surface area contributed by atoms with Gasteiger partial charge in [0.15, 0.2) is 11.5 Å². The van der Waals surface area contributed by atoms with Crippen LogP contribution in [0.1, 0.15) is 70.6 Å². The second-order valence-electron chi connectivity index (χ2n) is 14.8. The Labute approximate surface area is 333 Å². The van der Waals surface area contributed by atoms with Gasteiger partial charge in [-0.05, 0) is 56.7 Å². The molecule has 3 atom stereocenters. The average Bonchev–Trinajstić information content (AvgIpc) is 3.58. The Kier molecular flexibility index (Phi) is 17.0. The van der Waals surface area contributed by atoms with E-state index >= 15 is 0 Å². The molecule has 0 radical (unpaired) electrons. The standard InChI is InChI=1S/C40H55N6O10P/c1-28(2)23-31-13-15-32(16-14-31)29(3)37(47)53-21-22-55-57(50,27-51-20-17-46-26-44-34-35(41)42-25-43-36(34)46)54-19-10-18-52-38(48)33(24-30-11-8-7-9-12-30)45-39(49)56-40(4,5)6/h7-9,11-16,25-26,28-29,33H,10,17-24,27H2,1-6H3,(H,45,49)(H2,41,42,43)/t29?,33-,57?/m1/s1. The van der Waals surface area contributed by atoms with E-state index in [2.05, 4.69) is 34.1 Å². The van der Waals surface area contributed by atoms with Gasteiger partial charge in [-0.1, -0.05) is 68.4 Å². The smallest absolute Gasteiger partial charge is 0.408 e. The number of hydrogen-bond donors (Lipinski definition) is 2. The highest BCUT2D eigenvalue weighted by atomic mass is 31.2. The Bertz CT molecular complexity index is 1930. The molecule has 4 rings (SSSR count). The van der Waals surface area contributed by atoms with Crippen molar-refractivity contribution in [1.29, 1.82) is 0 Å². The fraction of sp³-hybridized carbons (Fsp3) is 0.500. The number of alkyl carbamates (subject to hydrolysis) is 1. The largest absolute Gasteiger partial charge is 0.464 e. The highest BCUT2D eigenvalue weighted by Crippen LogP contribution is 2.48. The van der Waals surface area contributed by atoms with Crippen LogP contribution in [0.15, 0.2) is 67.3 Å². The van der Waals surface area contributed by atoms with E-state index in [9.17, 15) is 18.9 Å². The third-order valence-electron chi connectivity index (χ3n) is 8.33.